The van der Waals surface area contributed by atoms with Gasteiger partial charge in [-0.15, -0.1) is 0 Å². The van der Waals surface area contributed by atoms with E-state index in [1.54, 1.807) is 36.6 Å². The summed E-state index contributed by atoms with van der Waals surface area (Å²) in [7, 11) is 1.52. The molecular formula is C17H16ClN3O4. The van der Waals surface area contributed by atoms with Gasteiger partial charge in [-0.3, -0.25) is 15.5 Å². The number of hydrazone groups is 1. The van der Waals surface area contributed by atoms with E-state index in [0.29, 0.717) is 34.4 Å². The number of non-ortho nitro benzene ring substituents is 1. The zero-order chi connectivity index (χ0) is 18.2. The van der Waals surface area contributed by atoms with E-state index in [9.17, 15) is 10.1 Å². The van der Waals surface area contributed by atoms with E-state index in [2.05, 4.69) is 17.1 Å². The fourth-order valence-corrected chi connectivity index (χ4v) is 2.21. The zero-order valence-corrected chi connectivity index (χ0v) is 14.2. The van der Waals surface area contributed by atoms with Crippen molar-refractivity contribution in [2.24, 2.45) is 5.10 Å². The van der Waals surface area contributed by atoms with Crippen LogP contribution in [0.5, 0.6) is 11.5 Å². The smallest absolute Gasteiger partial charge is 0.269 e. The molecule has 8 heteroatoms. The minimum atomic E-state index is -0.461. The molecule has 0 aliphatic rings. The van der Waals surface area contributed by atoms with Crippen molar-refractivity contribution in [3.8, 4) is 11.5 Å². The Balaban J connectivity index is 2.11. The van der Waals surface area contributed by atoms with Gasteiger partial charge in [-0.2, -0.15) is 5.10 Å². The van der Waals surface area contributed by atoms with Gasteiger partial charge in [0.2, 0.25) is 0 Å². The number of hydrogen-bond donors (Lipinski definition) is 1. The second kappa shape index (κ2) is 8.70. The van der Waals surface area contributed by atoms with Gasteiger partial charge in [0.05, 0.1) is 29.0 Å². The van der Waals surface area contributed by atoms with Crippen molar-refractivity contribution < 1.29 is 14.4 Å². The molecular weight excluding hydrogens is 346 g/mol. The number of nitro groups is 1. The largest absolute Gasteiger partial charge is 0.493 e. The van der Waals surface area contributed by atoms with E-state index in [-0.39, 0.29) is 5.69 Å². The van der Waals surface area contributed by atoms with Gasteiger partial charge in [0, 0.05) is 12.1 Å². The molecule has 0 saturated carbocycles. The van der Waals surface area contributed by atoms with Gasteiger partial charge in [0.15, 0.2) is 11.5 Å². The van der Waals surface area contributed by atoms with Crippen molar-refractivity contribution in [2.45, 2.75) is 0 Å². The summed E-state index contributed by atoms with van der Waals surface area (Å²) in [6.07, 6.45) is 3.16. The maximum atomic E-state index is 10.6. The predicted molar refractivity (Wildman–Crippen MR) is 98.0 cm³/mol. The lowest BCUT2D eigenvalue weighted by molar-refractivity contribution is -0.384. The van der Waals surface area contributed by atoms with Crippen LogP contribution in [0, 0.1) is 10.1 Å². The van der Waals surface area contributed by atoms with Crippen molar-refractivity contribution in [2.75, 3.05) is 19.1 Å². The van der Waals surface area contributed by atoms with Crippen LogP contribution in [0.15, 0.2) is 54.2 Å². The summed E-state index contributed by atoms with van der Waals surface area (Å²) in [5.74, 6) is 0.913. The molecule has 7 nitrogen and oxygen atoms in total. The van der Waals surface area contributed by atoms with Gasteiger partial charge in [-0.1, -0.05) is 24.3 Å². The number of nitrogens with zero attached hydrogens (tertiary/aromatic N) is 2. The van der Waals surface area contributed by atoms with E-state index in [0.717, 1.165) is 0 Å². The summed E-state index contributed by atoms with van der Waals surface area (Å²) in [6, 6.07) is 9.33. The molecule has 130 valence electrons. The molecule has 0 aliphatic carbocycles. The van der Waals surface area contributed by atoms with E-state index in [1.165, 1.54) is 19.2 Å². The van der Waals surface area contributed by atoms with Crippen LogP contribution in [0.25, 0.3) is 0 Å². The van der Waals surface area contributed by atoms with Gasteiger partial charge in [0.1, 0.15) is 6.61 Å². The minimum Gasteiger partial charge on any atom is -0.493 e. The monoisotopic (exact) mass is 361 g/mol. The molecule has 0 fully saturated rings. The second-order valence-electron chi connectivity index (χ2n) is 4.81. The van der Waals surface area contributed by atoms with Crippen LogP contribution in [0.3, 0.4) is 0 Å². The Morgan fingerprint density at radius 2 is 2.08 bits per heavy atom. The van der Waals surface area contributed by atoms with E-state index < -0.39 is 4.92 Å². The minimum absolute atomic E-state index is 0.0150. The predicted octanol–water partition coefficient (Wildman–Crippen LogP) is 4.27. The molecule has 0 saturated heterocycles. The van der Waals surface area contributed by atoms with E-state index >= 15 is 0 Å². The van der Waals surface area contributed by atoms with Crippen LogP contribution in [-0.2, 0) is 0 Å². The Bertz CT molecular complexity index is 791. The summed E-state index contributed by atoms with van der Waals surface area (Å²) < 4.78 is 10.8. The lowest BCUT2D eigenvalue weighted by atomic mass is 10.2. The van der Waals surface area contributed by atoms with Crippen molar-refractivity contribution in [1.82, 2.24) is 0 Å². The van der Waals surface area contributed by atoms with Crippen LogP contribution in [0.1, 0.15) is 5.56 Å². The highest BCUT2D eigenvalue weighted by Crippen LogP contribution is 2.36. The van der Waals surface area contributed by atoms with Gasteiger partial charge in [0.25, 0.3) is 5.69 Å². The van der Waals surface area contributed by atoms with Crippen LogP contribution < -0.4 is 14.9 Å². The molecule has 2 rings (SSSR count). The summed E-state index contributed by atoms with van der Waals surface area (Å²) in [5, 5.41) is 15.1. The van der Waals surface area contributed by atoms with E-state index in [1.807, 2.05) is 0 Å². The first-order chi connectivity index (χ1) is 12.0. The highest BCUT2D eigenvalue weighted by atomic mass is 35.5. The number of anilines is 1. The number of rotatable bonds is 8. The molecule has 0 unspecified atom stereocenters. The Morgan fingerprint density at radius 3 is 2.68 bits per heavy atom. The second-order valence-corrected chi connectivity index (χ2v) is 5.21. The van der Waals surface area contributed by atoms with Gasteiger partial charge in [-0.05, 0) is 29.8 Å². The van der Waals surface area contributed by atoms with Gasteiger partial charge >= 0.3 is 0 Å². The number of halogens is 1. The Kier molecular flexibility index (Phi) is 6.36. The molecule has 25 heavy (non-hydrogen) atoms. The van der Waals surface area contributed by atoms with Gasteiger partial charge in [-0.25, -0.2) is 0 Å². The first-order valence-corrected chi connectivity index (χ1v) is 7.57. The summed E-state index contributed by atoms with van der Waals surface area (Å²) in [4.78, 5) is 10.2. The highest BCUT2D eigenvalue weighted by molar-refractivity contribution is 6.32. The number of hydrogen-bond acceptors (Lipinski definition) is 6. The summed E-state index contributed by atoms with van der Waals surface area (Å²) in [6.45, 7) is 3.90. The number of ether oxygens (including phenoxy) is 2. The molecule has 0 bridgehead atoms. The fourth-order valence-electron chi connectivity index (χ4n) is 1.94. The first-order valence-electron chi connectivity index (χ1n) is 7.20. The lowest BCUT2D eigenvalue weighted by Gasteiger charge is -2.11. The molecule has 0 aliphatic heterocycles. The quantitative estimate of drug-likeness (QED) is 0.328. The van der Waals surface area contributed by atoms with Crippen molar-refractivity contribution in [1.29, 1.82) is 0 Å². The maximum absolute atomic E-state index is 10.6. The van der Waals surface area contributed by atoms with Gasteiger partial charge < -0.3 is 9.47 Å². The number of nitro benzene ring substituents is 1. The average molecular weight is 362 g/mol. The third-order valence-corrected chi connectivity index (χ3v) is 3.36. The molecule has 0 spiro atoms. The average Bonchev–Trinajstić information content (AvgIpc) is 2.61. The third-order valence-electron chi connectivity index (χ3n) is 3.08. The zero-order valence-electron chi connectivity index (χ0n) is 13.4. The van der Waals surface area contributed by atoms with Crippen LogP contribution in [-0.4, -0.2) is 24.9 Å². The Labute approximate surface area is 149 Å². The number of benzene rings is 2. The molecule has 0 amide bonds. The maximum Gasteiger partial charge on any atom is 0.269 e. The molecule has 0 radical (unpaired) electrons. The SMILES string of the molecule is C=CCOc1c(Cl)cc(/C=N/Nc2ccc([N+](=O)[O-])cc2)cc1OC. The standard InChI is InChI=1S/C17H16ClN3O4/c1-3-8-25-17-15(18)9-12(10-16(17)24-2)11-19-20-13-4-6-14(7-5-13)21(22)23/h3-7,9-11,20H,1,8H2,2H3/b19-11+. The summed E-state index contributed by atoms with van der Waals surface area (Å²) in [5.41, 5.74) is 4.11. The molecule has 2 aromatic rings. The Morgan fingerprint density at radius 1 is 1.36 bits per heavy atom. The molecule has 0 heterocycles. The number of methoxy groups -OCH3 is 1. The number of nitrogens with one attached hydrogen (secondary N) is 1. The fraction of sp³-hybridized carbons (Fsp3) is 0.118. The van der Waals surface area contributed by atoms with Crippen LogP contribution in [0.4, 0.5) is 11.4 Å². The van der Waals surface area contributed by atoms with Crippen molar-refractivity contribution in [3.63, 3.8) is 0 Å². The normalized spacial score (nSPS) is 10.5. The molecule has 1 N–H and O–H groups in total. The summed E-state index contributed by atoms with van der Waals surface area (Å²) >= 11 is 6.21. The van der Waals surface area contributed by atoms with E-state index in [4.69, 9.17) is 21.1 Å². The first kappa shape index (κ1) is 18.3. The third kappa shape index (κ3) is 4.95. The molecule has 0 aromatic heterocycles. The van der Waals surface area contributed by atoms with Crippen molar-refractivity contribution >= 4 is 29.2 Å². The molecule has 0 atom stereocenters. The van der Waals surface area contributed by atoms with Crippen LogP contribution in [0.2, 0.25) is 5.02 Å². The van der Waals surface area contributed by atoms with Crippen LogP contribution >= 0.6 is 11.6 Å². The topological polar surface area (TPSA) is 86.0 Å². The molecule has 2 aromatic carbocycles. The Hall–Kier alpha value is -3.06. The lowest BCUT2D eigenvalue weighted by Crippen LogP contribution is -1.99. The highest BCUT2D eigenvalue weighted by Gasteiger charge is 2.11. The van der Waals surface area contributed by atoms with Crippen molar-refractivity contribution in [3.05, 3.63) is 69.8 Å².